The molecule has 2 aromatic rings. The van der Waals surface area contributed by atoms with Crippen LogP contribution < -0.4 is 0 Å². The molecule has 1 aliphatic carbocycles. The summed E-state index contributed by atoms with van der Waals surface area (Å²) in [7, 11) is 0. The first-order valence-electron chi connectivity index (χ1n) is 17.1. The predicted octanol–water partition coefficient (Wildman–Crippen LogP) is 7.44. The van der Waals surface area contributed by atoms with Gasteiger partial charge < -0.3 is 14.5 Å². The lowest BCUT2D eigenvalue weighted by atomic mass is 9.80. The normalized spacial score (nSPS) is 23.9. The van der Waals surface area contributed by atoms with E-state index in [1.165, 1.54) is 0 Å². The molecular weight excluding hydrogens is 652 g/mol. The van der Waals surface area contributed by atoms with Crippen LogP contribution in [0.3, 0.4) is 0 Å². The predicted molar refractivity (Wildman–Crippen MR) is 167 cm³/mol. The number of nitrogens with zero attached hydrogens (tertiary/aromatic N) is 3. The summed E-state index contributed by atoms with van der Waals surface area (Å²) < 4.78 is 86.0. The van der Waals surface area contributed by atoms with Gasteiger partial charge >= 0.3 is 18.4 Å². The van der Waals surface area contributed by atoms with Gasteiger partial charge in [0.1, 0.15) is 5.60 Å². The molecule has 4 aliphatic rings. The van der Waals surface area contributed by atoms with Crippen molar-refractivity contribution in [1.82, 2.24) is 14.7 Å². The number of likely N-dealkylation sites (tertiary alicyclic amines) is 2. The Morgan fingerprint density at radius 1 is 0.796 bits per heavy atom. The van der Waals surface area contributed by atoms with Gasteiger partial charge in [0.2, 0.25) is 5.91 Å². The number of hydrogen-bond acceptors (Lipinski definition) is 5. The summed E-state index contributed by atoms with van der Waals surface area (Å²) in [6.45, 7) is 2.56. The fourth-order valence-corrected chi connectivity index (χ4v) is 7.97. The number of amides is 2. The third-order valence-electron chi connectivity index (χ3n) is 10.9. The Balaban J connectivity index is 0.948. The van der Waals surface area contributed by atoms with Gasteiger partial charge in [-0.15, -0.1) is 0 Å². The fourth-order valence-electron chi connectivity index (χ4n) is 7.97. The van der Waals surface area contributed by atoms with Gasteiger partial charge in [0.25, 0.3) is 0 Å². The summed E-state index contributed by atoms with van der Waals surface area (Å²) >= 11 is 0. The molecule has 13 heteroatoms. The van der Waals surface area contributed by atoms with Crippen LogP contribution in [0, 0.1) is 17.8 Å². The van der Waals surface area contributed by atoms with Crippen molar-refractivity contribution < 1.29 is 45.5 Å². The number of Topliss-reactive ketones (excluding diaryl/α,β-unsaturated/α-hetero) is 1. The van der Waals surface area contributed by atoms with Crippen LogP contribution in [0.25, 0.3) is 0 Å². The zero-order valence-electron chi connectivity index (χ0n) is 27.2. The lowest BCUT2D eigenvalue weighted by Crippen LogP contribution is -2.47. The molecule has 0 unspecified atom stereocenters. The maximum Gasteiger partial charge on any atom is 0.416 e. The number of carbonyl (C=O) groups is 3. The molecule has 6 rings (SSSR count). The molecule has 266 valence electrons. The molecule has 0 bridgehead atoms. The Morgan fingerprint density at radius 2 is 1.45 bits per heavy atom. The first kappa shape index (κ1) is 35.2. The van der Waals surface area contributed by atoms with Gasteiger partial charge in [-0.3, -0.25) is 14.5 Å². The Kier molecular flexibility index (Phi) is 10.0. The van der Waals surface area contributed by atoms with E-state index >= 15 is 0 Å². The number of ether oxygens (including phenoxy) is 1. The largest absolute Gasteiger partial charge is 0.441 e. The molecule has 1 spiro atoms. The number of alkyl halides is 6. The van der Waals surface area contributed by atoms with E-state index in [2.05, 4.69) is 0 Å². The Morgan fingerprint density at radius 3 is 2.06 bits per heavy atom. The molecule has 2 aromatic carbocycles. The molecule has 4 fully saturated rings. The van der Waals surface area contributed by atoms with Crippen LogP contribution in [0.15, 0.2) is 48.5 Å². The highest BCUT2D eigenvalue weighted by Crippen LogP contribution is 2.40. The van der Waals surface area contributed by atoms with Crippen molar-refractivity contribution in [2.24, 2.45) is 17.8 Å². The van der Waals surface area contributed by atoms with Crippen LogP contribution in [-0.2, 0) is 28.4 Å². The second kappa shape index (κ2) is 14.0. The van der Waals surface area contributed by atoms with Crippen LogP contribution in [0.4, 0.5) is 31.1 Å². The average molecular weight is 694 g/mol. The van der Waals surface area contributed by atoms with Gasteiger partial charge in [-0.1, -0.05) is 36.4 Å². The molecule has 1 saturated carbocycles. The zero-order chi connectivity index (χ0) is 35.0. The summed E-state index contributed by atoms with van der Waals surface area (Å²) in [5.74, 6) is 0.370. The first-order valence-corrected chi connectivity index (χ1v) is 17.1. The Hall–Kier alpha value is -3.61. The van der Waals surface area contributed by atoms with Gasteiger partial charge in [0.05, 0.1) is 17.7 Å². The molecule has 3 saturated heterocycles. The second-order valence-electron chi connectivity index (χ2n) is 14.1. The molecule has 49 heavy (non-hydrogen) atoms. The summed E-state index contributed by atoms with van der Waals surface area (Å²) in [6, 6.07) is 11.0. The van der Waals surface area contributed by atoms with E-state index in [1.807, 2.05) is 35.2 Å². The van der Waals surface area contributed by atoms with E-state index in [0.717, 1.165) is 31.7 Å². The highest BCUT2D eigenvalue weighted by molar-refractivity contribution is 5.98. The third kappa shape index (κ3) is 8.07. The van der Waals surface area contributed by atoms with E-state index < -0.39 is 35.2 Å². The summed E-state index contributed by atoms with van der Waals surface area (Å²) in [6.07, 6.45) is -5.00. The molecule has 0 aromatic heterocycles. The molecule has 2 amide bonds. The number of halogens is 6. The lowest BCUT2D eigenvalue weighted by Gasteiger charge is -2.38. The zero-order valence-corrected chi connectivity index (χ0v) is 27.2. The van der Waals surface area contributed by atoms with E-state index in [-0.39, 0.29) is 47.6 Å². The Labute approximate surface area is 281 Å². The smallest absolute Gasteiger partial charge is 0.416 e. The maximum atomic E-state index is 13.6. The van der Waals surface area contributed by atoms with Gasteiger partial charge in [0.15, 0.2) is 5.78 Å². The molecule has 7 nitrogen and oxygen atoms in total. The van der Waals surface area contributed by atoms with Crippen molar-refractivity contribution in [3.63, 3.8) is 0 Å². The number of rotatable bonds is 7. The van der Waals surface area contributed by atoms with Crippen LogP contribution >= 0.6 is 0 Å². The van der Waals surface area contributed by atoms with E-state index in [0.29, 0.717) is 76.6 Å². The number of carbonyl (C=O) groups excluding carboxylic acids is 3. The number of hydrogen-bond donors (Lipinski definition) is 0. The van der Waals surface area contributed by atoms with Crippen molar-refractivity contribution in [2.45, 2.75) is 75.9 Å². The van der Waals surface area contributed by atoms with Gasteiger partial charge in [0, 0.05) is 69.5 Å². The van der Waals surface area contributed by atoms with Crippen LogP contribution in [-0.4, -0.2) is 77.4 Å². The molecular formula is C36H41F6N3O4. The summed E-state index contributed by atoms with van der Waals surface area (Å²) in [5, 5.41) is 0. The average Bonchev–Trinajstić information content (AvgIpc) is 3.38. The van der Waals surface area contributed by atoms with Crippen molar-refractivity contribution in [1.29, 1.82) is 0 Å². The molecule has 3 heterocycles. The monoisotopic (exact) mass is 693 g/mol. The minimum absolute atomic E-state index is 0.0682. The van der Waals surface area contributed by atoms with E-state index in [1.54, 1.807) is 9.80 Å². The highest BCUT2D eigenvalue weighted by atomic mass is 19.4. The molecule has 0 atom stereocenters. The summed E-state index contributed by atoms with van der Waals surface area (Å²) in [5.41, 5.74) is -2.89. The van der Waals surface area contributed by atoms with Crippen molar-refractivity contribution in [3.8, 4) is 0 Å². The third-order valence-corrected chi connectivity index (χ3v) is 10.9. The molecule has 3 aliphatic heterocycles. The first-order chi connectivity index (χ1) is 23.2. The number of benzene rings is 2. The minimum atomic E-state index is -4.93. The van der Waals surface area contributed by atoms with Crippen molar-refractivity contribution in [3.05, 3.63) is 70.8 Å². The van der Waals surface area contributed by atoms with Crippen LogP contribution in [0.2, 0.25) is 0 Å². The number of piperidine rings is 2. The number of ketones is 1. The van der Waals surface area contributed by atoms with Crippen molar-refractivity contribution in [2.75, 3.05) is 39.3 Å². The topological polar surface area (TPSA) is 70.2 Å². The SMILES string of the molecule is O=C(c1ccccc1)C1CCN(C(=O)C2CCC(CN3CC4(CCN(Cc5ccc(C(F)(F)F)cc5C(F)(F)F)CC4)OC3=O)CC2)CC1. The lowest BCUT2D eigenvalue weighted by molar-refractivity contribution is -0.143. The quantitative estimate of drug-likeness (QED) is 0.223. The Bertz CT molecular complexity index is 1510. The van der Waals surface area contributed by atoms with Crippen LogP contribution in [0.1, 0.15) is 78.4 Å². The maximum absolute atomic E-state index is 13.6. The standard InChI is InChI=1S/C36H41F6N3O4/c37-35(38,39)29-11-10-28(30(20-29)36(40,41)42)22-43-18-14-34(15-19-43)23-45(33(48)49-34)21-24-6-8-27(9-7-24)32(47)44-16-12-26(13-17-44)31(46)25-4-2-1-3-5-25/h1-5,10-11,20,24,26-27H,6-9,12-19,21-23H2. The highest BCUT2D eigenvalue weighted by Gasteiger charge is 2.48. The molecule has 0 N–H and O–H groups in total. The van der Waals surface area contributed by atoms with Gasteiger partial charge in [-0.05, 0) is 62.1 Å². The van der Waals surface area contributed by atoms with E-state index in [4.69, 9.17) is 4.74 Å². The van der Waals surface area contributed by atoms with Gasteiger partial charge in [-0.2, -0.15) is 26.3 Å². The fraction of sp³-hybridized carbons (Fsp3) is 0.583. The molecule has 0 radical (unpaired) electrons. The van der Waals surface area contributed by atoms with Crippen LogP contribution in [0.5, 0.6) is 0 Å². The second-order valence-corrected chi connectivity index (χ2v) is 14.1. The summed E-state index contributed by atoms with van der Waals surface area (Å²) in [4.78, 5) is 44.4. The van der Waals surface area contributed by atoms with Gasteiger partial charge in [-0.25, -0.2) is 4.79 Å². The van der Waals surface area contributed by atoms with E-state index in [9.17, 15) is 40.7 Å². The van der Waals surface area contributed by atoms with Crippen molar-refractivity contribution >= 4 is 17.8 Å². The minimum Gasteiger partial charge on any atom is -0.441 e.